The van der Waals surface area contributed by atoms with Gasteiger partial charge in [-0.15, -0.1) is 0 Å². The summed E-state index contributed by atoms with van der Waals surface area (Å²) in [5, 5.41) is 2.94. The Labute approximate surface area is 191 Å². The minimum atomic E-state index is -3.31. The molecule has 0 aliphatic rings. The van der Waals surface area contributed by atoms with E-state index in [1.165, 1.54) is 0 Å². The molecule has 0 unspecified atom stereocenters. The molecule has 2 aromatic carbocycles. The topological polar surface area (TPSA) is 102 Å². The van der Waals surface area contributed by atoms with Crippen molar-refractivity contribution in [3.63, 3.8) is 0 Å². The van der Waals surface area contributed by atoms with E-state index in [-0.39, 0.29) is 42.0 Å². The van der Waals surface area contributed by atoms with Gasteiger partial charge in [0.2, 0.25) is 5.91 Å². The molecule has 0 aliphatic carbocycles. The monoisotopic (exact) mass is 472 g/mol. The Morgan fingerprint density at radius 1 is 1.03 bits per heavy atom. The maximum absolute atomic E-state index is 12.4. The van der Waals surface area contributed by atoms with E-state index in [2.05, 4.69) is 10.3 Å². The zero-order valence-electron chi connectivity index (χ0n) is 17.6. The molecule has 0 saturated carbocycles. The van der Waals surface area contributed by atoms with Crippen molar-refractivity contribution >= 4 is 38.2 Å². The number of aromatic nitrogens is 1. The van der Waals surface area contributed by atoms with E-state index in [0.717, 1.165) is 22.5 Å². The Morgan fingerprint density at radius 3 is 2.34 bits per heavy atom. The molecule has 1 heterocycles. The van der Waals surface area contributed by atoms with Crippen LogP contribution in [0.1, 0.15) is 35.0 Å². The minimum Gasteiger partial charge on any atom is -0.462 e. The first-order valence-corrected chi connectivity index (χ1v) is 12.8. The van der Waals surface area contributed by atoms with Gasteiger partial charge in [-0.1, -0.05) is 72.0 Å². The van der Waals surface area contributed by atoms with Crippen LogP contribution in [0.2, 0.25) is 0 Å². The molecule has 0 bridgehead atoms. The predicted molar refractivity (Wildman–Crippen MR) is 125 cm³/mol. The summed E-state index contributed by atoms with van der Waals surface area (Å²) in [6.07, 6.45) is 0.228. The Morgan fingerprint density at radius 2 is 1.69 bits per heavy atom. The molecule has 0 spiro atoms. The molecular weight excluding hydrogens is 448 g/mol. The third-order valence-corrected chi connectivity index (χ3v) is 7.10. The van der Waals surface area contributed by atoms with E-state index in [9.17, 15) is 18.0 Å². The first-order chi connectivity index (χ1) is 15.4. The van der Waals surface area contributed by atoms with Crippen LogP contribution in [0.3, 0.4) is 0 Å². The van der Waals surface area contributed by atoms with Gasteiger partial charge in [0.1, 0.15) is 4.88 Å². The maximum atomic E-state index is 12.4. The molecule has 1 N–H and O–H groups in total. The van der Waals surface area contributed by atoms with E-state index in [1.807, 2.05) is 36.4 Å². The molecule has 168 valence electrons. The van der Waals surface area contributed by atoms with E-state index in [1.54, 1.807) is 31.2 Å². The van der Waals surface area contributed by atoms with Crippen molar-refractivity contribution in [2.45, 2.75) is 25.5 Å². The molecule has 1 amide bonds. The average molecular weight is 473 g/mol. The van der Waals surface area contributed by atoms with Crippen LogP contribution in [0.25, 0.3) is 11.3 Å². The number of sulfone groups is 1. The number of benzene rings is 2. The highest BCUT2D eigenvalue weighted by Gasteiger charge is 2.21. The molecular formula is C23H24N2O5S2. The Hall–Kier alpha value is -3.04. The zero-order valence-corrected chi connectivity index (χ0v) is 19.2. The highest BCUT2D eigenvalue weighted by atomic mass is 32.2. The van der Waals surface area contributed by atoms with Crippen LogP contribution in [0, 0.1) is 0 Å². The standard InChI is InChI=1S/C23H24N2O5S2/c1-2-30-22(27)21-20(18-12-7-4-8-13-18)25-23(31-21)24-19(26)14-9-15-32(28,29)16-17-10-5-3-6-11-17/h3-8,10-13H,2,9,14-16H2,1H3,(H,24,25,26). The number of amides is 1. The first-order valence-electron chi connectivity index (χ1n) is 10.2. The van der Waals surface area contributed by atoms with Crippen molar-refractivity contribution in [2.24, 2.45) is 0 Å². The van der Waals surface area contributed by atoms with Crippen molar-refractivity contribution in [2.75, 3.05) is 17.7 Å². The number of hydrogen-bond acceptors (Lipinski definition) is 7. The van der Waals surface area contributed by atoms with Crippen molar-refractivity contribution in [3.05, 3.63) is 71.1 Å². The molecule has 3 rings (SSSR count). The second-order valence-corrected chi connectivity index (χ2v) is 10.2. The van der Waals surface area contributed by atoms with Gasteiger partial charge in [0.15, 0.2) is 15.0 Å². The molecule has 0 saturated heterocycles. The summed E-state index contributed by atoms with van der Waals surface area (Å²) in [5.74, 6) is -0.998. The summed E-state index contributed by atoms with van der Waals surface area (Å²) >= 11 is 1.04. The van der Waals surface area contributed by atoms with Crippen molar-refractivity contribution in [1.29, 1.82) is 0 Å². The average Bonchev–Trinajstić information content (AvgIpc) is 3.18. The van der Waals surface area contributed by atoms with E-state index < -0.39 is 15.8 Å². The molecule has 0 aliphatic heterocycles. The zero-order chi connectivity index (χ0) is 23.0. The van der Waals surface area contributed by atoms with E-state index in [4.69, 9.17) is 4.74 Å². The van der Waals surface area contributed by atoms with Crippen molar-refractivity contribution < 1.29 is 22.7 Å². The highest BCUT2D eigenvalue weighted by molar-refractivity contribution is 7.90. The third-order valence-electron chi connectivity index (χ3n) is 4.47. The van der Waals surface area contributed by atoms with Crippen molar-refractivity contribution in [3.8, 4) is 11.3 Å². The van der Waals surface area contributed by atoms with Gasteiger partial charge in [-0.3, -0.25) is 4.79 Å². The van der Waals surface area contributed by atoms with Crippen LogP contribution in [-0.4, -0.2) is 37.6 Å². The first kappa shape index (κ1) is 23.6. The molecule has 3 aromatic rings. The van der Waals surface area contributed by atoms with Gasteiger partial charge in [-0.05, 0) is 18.9 Å². The van der Waals surface area contributed by atoms with Crippen molar-refractivity contribution in [1.82, 2.24) is 4.98 Å². The summed E-state index contributed by atoms with van der Waals surface area (Å²) < 4.78 is 29.7. The predicted octanol–water partition coefficient (Wildman–Crippen LogP) is 4.32. The van der Waals surface area contributed by atoms with Crippen LogP contribution in [0.15, 0.2) is 60.7 Å². The summed E-state index contributed by atoms with van der Waals surface area (Å²) in [6.45, 7) is 1.94. The normalized spacial score (nSPS) is 11.2. The van der Waals surface area contributed by atoms with Crippen LogP contribution < -0.4 is 5.32 Å². The Balaban J connectivity index is 1.61. The van der Waals surface area contributed by atoms with Gasteiger partial charge in [0.25, 0.3) is 0 Å². The lowest BCUT2D eigenvalue weighted by Crippen LogP contribution is -2.15. The number of rotatable bonds is 10. The third kappa shape index (κ3) is 6.73. The van der Waals surface area contributed by atoms with Gasteiger partial charge >= 0.3 is 5.97 Å². The Kier molecular flexibility index (Phi) is 8.13. The van der Waals surface area contributed by atoms with E-state index in [0.29, 0.717) is 10.6 Å². The summed E-state index contributed by atoms with van der Waals surface area (Å²) in [5.41, 5.74) is 1.90. The number of nitrogens with one attached hydrogen (secondary N) is 1. The van der Waals surface area contributed by atoms with Gasteiger partial charge < -0.3 is 10.1 Å². The SMILES string of the molecule is CCOC(=O)c1sc(NC(=O)CCCS(=O)(=O)Cc2ccccc2)nc1-c1ccccc1. The van der Waals surface area contributed by atoms with Crippen LogP contribution in [0.4, 0.5) is 5.13 Å². The summed E-state index contributed by atoms with van der Waals surface area (Å²) in [7, 11) is -3.31. The van der Waals surface area contributed by atoms with Crippen LogP contribution in [-0.2, 0) is 25.1 Å². The number of hydrogen-bond donors (Lipinski definition) is 1. The highest BCUT2D eigenvalue weighted by Crippen LogP contribution is 2.32. The summed E-state index contributed by atoms with van der Waals surface area (Å²) in [4.78, 5) is 29.4. The molecule has 9 heteroatoms. The van der Waals surface area contributed by atoms with Crippen LogP contribution in [0.5, 0.6) is 0 Å². The molecule has 0 atom stereocenters. The van der Waals surface area contributed by atoms with Gasteiger partial charge in [0.05, 0.1) is 23.8 Å². The quantitative estimate of drug-likeness (QED) is 0.441. The van der Waals surface area contributed by atoms with Crippen LogP contribution >= 0.6 is 11.3 Å². The lowest BCUT2D eigenvalue weighted by molar-refractivity contribution is -0.116. The second kappa shape index (κ2) is 11.0. The van der Waals surface area contributed by atoms with Gasteiger partial charge in [0, 0.05) is 12.0 Å². The number of esters is 1. The van der Waals surface area contributed by atoms with Gasteiger partial charge in [-0.25, -0.2) is 18.2 Å². The smallest absolute Gasteiger partial charge is 0.350 e. The number of anilines is 1. The Bertz CT molecular complexity index is 1160. The molecule has 0 fully saturated rings. The number of carbonyl (C=O) groups excluding carboxylic acids is 2. The largest absolute Gasteiger partial charge is 0.462 e. The second-order valence-electron chi connectivity index (χ2n) is 7.01. The molecule has 1 aromatic heterocycles. The molecule has 0 radical (unpaired) electrons. The fourth-order valence-electron chi connectivity index (χ4n) is 3.04. The lowest BCUT2D eigenvalue weighted by atomic mass is 10.1. The number of carbonyl (C=O) groups is 2. The fourth-order valence-corrected chi connectivity index (χ4v) is 5.36. The molecule has 7 nitrogen and oxygen atoms in total. The number of thiazole rings is 1. The summed E-state index contributed by atoms with van der Waals surface area (Å²) in [6, 6.07) is 18.1. The number of nitrogens with zero attached hydrogens (tertiary/aromatic N) is 1. The fraction of sp³-hybridized carbons (Fsp3) is 0.261. The lowest BCUT2D eigenvalue weighted by Gasteiger charge is -2.05. The maximum Gasteiger partial charge on any atom is 0.350 e. The minimum absolute atomic E-state index is 0.0308. The van der Waals surface area contributed by atoms with Gasteiger partial charge in [-0.2, -0.15) is 0 Å². The molecule has 32 heavy (non-hydrogen) atoms. The van der Waals surface area contributed by atoms with E-state index >= 15 is 0 Å². The number of ether oxygens (including phenoxy) is 1.